The van der Waals surface area contributed by atoms with Crippen LogP contribution in [-0.4, -0.2) is 18.1 Å². The average molecular weight is 301 g/mol. The van der Waals surface area contributed by atoms with E-state index in [1.165, 1.54) is 0 Å². The van der Waals surface area contributed by atoms with Gasteiger partial charge in [0.1, 0.15) is 4.99 Å². The summed E-state index contributed by atoms with van der Waals surface area (Å²) in [5, 5.41) is 0. The molecule has 16 heavy (non-hydrogen) atoms. The van der Waals surface area contributed by atoms with Gasteiger partial charge in [0, 0.05) is 28.8 Å². The van der Waals surface area contributed by atoms with Gasteiger partial charge in [-0.15, -0.1) is 0 Å². The van der Waals surface area contributed by atoms with Gasteiger partial charge in [-0.2, -0.15) is 0 Å². The molecule has 0 spiro atoms. The van der Waals surface area contributed by atoms with Crippen molar-refractivity contribution in [1.29, 1.82) is 0 Å². The fourth-order valence-corrected chi connectivity index (χ4v) is 2.65. The van der Waals surface area contributed by atoms with E-state index in [1.54, 1.807) is 0 Å². The van der Waals surface area contributed by atoms with Crippen molar-refractivity contribution >= 4 is 38.8 Å². The minimum absolute atomic E-state index is 0.442. The smallest absolute Gasteiger partial charge is 0.107 e. The normalized spacial score (nSPS) is 10.2. The molecular formula is C12H17BrN2S. The molecule has 1 aromatic carbocycles. The van der Waals surface area contributed by atoms with Crippen LogP contribution in [0.4, 0.5) is 5.69 Å². The molecule has 0 saturated carbocycles. The lowest BCUT2D eigenvalue weighted by Crippen LogP contribution is -2.26. The summed E-state index contributed by atoms with van der Waals surface area (Å²) < 4.78 is 0.965. The van der Waals surface area contributed by atoms with E-state index >= 15 is 0 Å². The standard InChI is InChI=1S/C12H17BrN2S/c1-3-8-15(4-2)10-7-5-6-9(13)11(10)12(14)16/h5-7H,3-4,8H2,1-2H3,(H2,14,16). The van der Waals surface area contributed by atoms with Crippen molar-refractivity contribution in [2.45, 2.75) is 20.3 Å². The first-order chi connectivity index (χ1) is 7.61. The predicted molar refractivity (Wildman–Crippen MR) is 78.2 cm³/mol. The van der Waals surface area contributed by atoms with Crippen LogP contribution >= 0.6 is 28.1 Å². The summed E-state index contributed by atoms with van der Waals surface area (Å²) in [5.74, 6) is 0. The molecule has 0 amide bonds. The van der Waals surface area contributed by atoms with Crippen LogP contribution in [0.25, 0.3) is 0 Å². The summed E-state index contributed by atoms with van der Waals surface area (Å²) in [4.78, 5) is 2.73. The van der Waals surface area contributed by atoms with Crippen molar-refractivity contribution in [2.24, 2.45) is 5.73 Å². The van der Waals surface area contributed by atoms with Crippen LogP contribution in [0, 0.1) is 0 Å². The van der Waals surface area contributed by atoms with Gasteiger partial charge in [0.25, 0.3) is 0 Å². The van der Waals surface area contributed by atoms with Gasteiger partial charge in [0.2, 0.25) is 0 Å². The maximum absolute atomic E-state index is 5.78. The van der Waals surface area contributed by atoms with Gasteiger partial charge >= 0.3 is 0 Å². The molecular weight excluding hydrogens is 284 g/mol. The van der Waals surface area contributed by atoms with Gasteiger partial charge in [-0.1, -0.05) is 25.2 Å². The molecule has 0 heterocycles. The number of hydrogen-bond donors (Lipinski definition) is 1. The van der Waals surface area contributed by atoms with Crippen LogP contribution in [0.15, 0.2) is 22.7 Å². The second kappa shape index (κ2) is 6.21. The summed E-state index contributed by atoms with van der Waals surface area (Å²) in [6.07, 6.45) is 1.11. The van der Waals surface area contributed by atoms with Crippen LogP contribution in [0.1, 0.15) is 25.8 Å². The monoisotopic (exact) mass is 300 g/mol. The summed E-state index contributed by atoms with van der Waals surface area (Å²) in [6.45, 7) is 6.28. The van der Waals surface area contributed by atoms with Gasteiger partial charge in [-0.05, 0) is 41.4 Å². The van der Waals surface area contributed by atoms with Crippen molar-refractivity contribution in [2.75, 3.05) is 18.0 Å². The van der Waals surface area contributed by atoms with E-state index in [0.29, 0.717) is 4.99 Å². The van der Waals surface area contributed by atoms with Crippen molar-refractivity contribution < 1.29 is 0 Å². The summed E-state index contributed by atoms with van der Waals surface area (Å²) in [5.41, 5.74) is 7.83. The van der Waals surface area contributed by atoms with Crippen molar-refractivity contribution in [3.8, 4) is 0 Å². The third-order valence-electron chi connectivity index (χ3n) is 2.45. The zero-order chi connectivity index (χ0) is 12.1. The Morgan fingerprint density at radius 2 is 2.12 bits per heavy atom. The molecule has 0 atom stereocenters. The highest BCUT2D eigenvalue weighted by molar-refractivity contribution is 9.10. The Morgan fingerprint density at radius 3 is 2.62 bits per heavy atom. The molecule has 2 N–H and O–H groups in total. The minimum Gasteiger partial charge on any atom is -0.389 e. The van der Waals surface area contributed by atoms with Gasteiger partial charge in [0.05, 0.1) is 0 Å². The van der Waals surface area contributed by atoms with Crippen molar-refractivity contribution in [3.05, 3.63) is 28.2 Å². The quantitative estimate of drug-likeness (QED) is 0.846. The number of rotatable bonds is 5. The number of anilines is 1. The van der Waals surface area contributed by atoms with Crippen LogP contribution in [0.2, 0.25) is 0 Å². The molecule has 0 radical (unpaired) electrons. The van der Waals surface area contributed by atoms with E-state index in [9.17, 15) is 0 Å². The number of nitrogens with two attached hydrogens (primary N) is 1. The molecule has 4 heteroatoms. The number of benzene rings is 1. The zero-order valence-corrected chi connectivity index (χ0v) is 12.1. The lowest BCUT2D eigenvalue weighted by atomic mass is 10.1. The Hall–Kier alpha value is -0.610. The Morgan fingerprint density at radius 1 is 1.44 bits per heavy atom. The number of halogens is 1. The fourth-order valence-electron chi connectivity index (χ4n) is 1.74. The third kappa shape index (κ3) is 2.95. The number of thiocarbonyl (C=S) groups is 1. The molecule has 0 aliphatic rings. The minimum atomic E-state index is 0.442. The van der Waals surface area contributed by atoms with Gasteiger partial charge in [-0.3, -0.25) is 0 Å². The maximum Gasteiger partial charge on any atom is 0.107 e. The fraction of sp³-hybridized carbons (Fsp3) is 0.417. The first kappa shape index (κ1) is 13.5. The molecule has 0 fully saturated rings. The Balaban J connectivity index is 3.20. The van der Waals surface area contributed by atoms with Crippen LogP contribution < -0.4 is 10.6 Å². The van der Waals surface area contributed by atoms with Crippen LogP contribution in [-0.2, 0) is 0 Å². The van der Waals surface area contributed by atoms with Gasteiger partial charge < -0.3 is 10.6 Å². The molecule has 0 aliphatic carbocycles. The first-order valence-electron chi connectivity index (χ1n) is 5.45. The molecule has 1 aromatic rings. The SMILES string of the molecule is CCCN(CC)c1cccc(Br)c1C(N)=S. The molecule has 88 valence electrons. The number of nitrogens with zero attached hydrogens (tertiary/aromatic N) is 1. The van der Waals surface area contributed by atoms with Gasteiger partial charge in [0.15, 0.2) is 0 Å². The molecule has 1 rings (SSSR count). The largest absolute Gasteiger partial charge is 0.389 e. The van der Waals surface area contributed by atoms with Crippen LogP contribution in [0.5, 0.6) is 0 Å². The number of hydrogen-bond acceptors (Lipinski definition) is 2. The van der Waals surface area contributed by atoms with E-state index in [4.69, 9.17) is 18.0 Å². The molecule has 0 aliphatic heterocycles. The Kier molecular flexibility index (Phi) is 5.22. The lowest BCUT2D eigenvalue weighted by Gasteiger charge is -2.25. The van der Waals surface area contributed by atoms with Crippen LogP contribution in [0.3, 0.4) is 0 Å². The average Bonchev–Trinajstić information content (AvgIpc) is 2.25. The van der Waals surface area contributed by atoms with E-state index in [1.807, 2.05) is 12.1 Å². The first-order valence-corrected chi connectivity index (χ1v) is 6.65. The van der Waals surface area contributed by atoms with E-state index in [-0.39, 0.29) is 0 Å². The van der Waals surface area contributed by atoms with E-state index in [0.717, 1.165) is 35.2 Å². The highest BCUT2D eigenvalue weighted by Crippen LogP contribution is 2.27. The van der Waals surface area contributed by atoms with Crippen molar-refractivity contribution in [1.82, 2.24) is 0 Å². The summed E-state index contributed by atoms with van der Waals surface area (Å²) >= 11 is 8.61. The van der Waals surface area contributed by atoms with Gasteiger partial charge in [-0.25, -0.2) is 0 Å². The summed E-state index contributed by atoms with van der Waals surface area (Å²) in [7, 11) is 0. The highest BCUT2D eigenvalue weighted by atomic mass is 79.9. The van der Waals surface area contributed by atoms with E-state index in [2.05, 4.69) is 40.7 Å². The molecule has 0 aromatic heterocycles. The van der Waals surface area contributed by atoms with E-state index < -0.39 is 0 Å². The molecule has 0 bridgehead atoms. The Bertz CT molecular complexity index is 379. The molecule has 0 unspecified atom stereocenters. The second-order valence-electron chi connectivity index (χ2n) is 3.58. The lowest BCUT2D eigenvalue weighted by molar-refractivity contribution is 0.791. The topological polar surface area (TPSA) is 29.3 Å². The summed E-state index contributed by atoms with van der Waals surface area (Å²) in [6, 6.07) is 6.05. The highest BCUT2D eigenvalue weighted by Gasteiger charge is 2.13. The second-order valence-corrected chi connectivity index (χ2v) is 4.87. The molecule has 0 saturated heterocycles. The predicted octanol–water partition coefficient (Wildman–Crippen LogP) is 3.32. The Labute approximate surface area is 111 Å². The third-order valence-corrected chi connectivity index (χ3v) is 3.32. The molecule has 2 nitrogen and oxygen atoms in total. The maximum atomic E-state index is 5.78. The van der Waals surface area contributed by atoms with Crippen molar-refractivity contribution in [3.63, 3.8) is 0 Å². The zero-order valence-electron chi connectivity index (χ0n) is 9.66.